The average molecular weight is 497 g/mol. The molecular formula is C27H23F3N2O2S. The molecule has 0 radical (unpaired) electrons. The van der Waals surface area contributed by atoms with Crippen LogP contribution in [0.5, 0.6) is 0 Å². The molecule has 35 heavy (non-hydrogen) atoms. The van der Waals surface area contributed by atoms with E-state index >= 15 is 0 Å². The Labute approximate surface area is 204 Å². The van der Waals surface area contributed by atoms with Crippen molar-refractivity contribution >= 4 is 17.2 Å². The first-order valence-corrected chi connectivity index (χ1v) is 12.0. The van der Waals surface area contributed by atoms with Crippen molar-refractivity contribution in [1.29, 1.82) is 0 Å². The molecule has 1 N–H and O–H groups in total. The Balaban J connectivity index is 1.49. The summed E-state index contributed by atoms with van der Waals surface area (Å²) in [6.07, 6.45) is -1.93. The number of amides is 1. The highest BCUT2D eigenvalue weighted by Crippen LogP contribution is 2.35. The van der Waals surface area contributed by atoms with Gasteiger partial charge in [0.2, 0.25) is 0 Å². The van der Waals surface area contributed by atoms with Gasteiger partial charge in [-0.1, -0.05) is 65.9 Å². The van der Waals surface area contributed by atoms with Crippen LogP contribution < -0.4 is 10.2 Å². The third kappa shape index (κ3) is 5.89. The van der Waals surface area contributed by atoms with Crippen LogP contribution >= 0.6 is 11.3 Å². The Morgan fingerprint density at radius 1 is 0.914 bits per heavy atom. The average Bonchev–Trinajstić information content (AvgIpc) is 3.25. The largest absolute Gasteiger partial charge is 0.418 e. The Hall–Kier alpha value is -3.65. The number of nitrogens with zero attached hydrogens (tertiary/aromatic N) is 1. The summed E-state index contributed by atoms with van der Waals surface area (Å²) in [5.41, 5.74) is 1.27. The molecule has 0 unspecified atom stereocenters. The number of rotatable bonds is 8. The minimum Gasteiger partial charge on any atom is -0.352 e. The standard InChI is InChI=1S/C27H23F3N2O2S/c28-27(29,30)22-14-4-5-15-23(22)32-24(18-35-26(32)34)20-12-8-13-21(17-20)25(33)31-16-7-6-11-19-9-2-1-3-10-19/h1-5,8-10,12-15,17-18H,6-7,11,16H2,(H,31,33). The van der Waals surface area contributed by atoms with E-state index in [2.05, 4.69) is 17.4 Å². The number of benzene rings is 3. The number of nitrogens with one attached hydrogen (secondary N) is 1. The zero-order chi connectivity index (χ0) is 24.8. The predicted octanol–water partition coefficient (Wildman–Crippen LogP) is 6.34. The van der Waals surface area contributed by atoms with E-state index < -0.39 is 16.6 Å². The molecular weight excluding hydrogens is 473 g/mol. The molecule has 3 aromatic carbocycles. The van der Waals surface area contributed by atoms with Gasteiger partial charge in [0, 0.05) is 23.1 Å². The smallest absolute Gasteiger partial charge is 0.352 e. The van der Waals surface area contributed by atoms with Crippen LogP contribution in [-0.4, -0.2) is 17.0 Å². The highest BCUT2D eigenvalue weighted by Gasteiger charge is 2.34. The number of aromatic nitrogens is 1. The van der Waals surface area contributed by atoms with E-state index in [0.29, 0.717) is 23.4 Å². The molecule has 1 aromatic heterocycles. The minimum atomic E-state index is -4.61. The van der Waals surface area contributed by atoms with Crippen LogP contribution in [0, 0.1) is 0 Å². The van der Waals surface area contributed by atoms with Crippen molar-refractivity contribution in [3.63, 3.8) is 0 Å². The number of carbonyl (C=O) groups is 1. The summed E-state index contributed by atoms with van der Waals surface area (Å²) in [7, 11) is 0. The van der Waals surface area contributed by atoms with Crippen molar-refractivity contribution in [1.82, 2.24) is 9.88 Å². The fourth-order valence-electron chi connectivity index (χ4n) is 3.87. The molecule has 0 aliphatic heterocycles. The van der Waals surface area contributed by atoms with Crippen LogP contribution in [0.2, 0.25) is 0 Å². The van der Waals surface area contributed by atoms with Gasteiger partial charge >= 0.3 is 11.0 Å². The normalized spacial score (nSPS) is 11.4. The Morgan fingerprint density at radius 2 is 1.66 bits per heavy atom. The van der Waals surface area contributed by atoms with E-state index in [4.69, 9.17) is 0 Å². The molecule has 8 heteroatoms. The predicted molar refractivity (Wildman–Crippen MR) is 132 cm³/mol. The van der Waals surface area contributed by atoms with E-state index in [0.717, 1.165) is 41.2 Å². The molecule has 0 atom stereocenters. The van der Waals surface area contributed by atoms with Crippen LogP contribution in [0.4, 0.5) is 13.2 Å². The van der Waals surface area contributed by atoms with Crippen molar-refractivity contribution in [2.75, 3.05) is 6.54 Å². The van der Waals surface area contributed by atoms with Crippen molar-refractivity contribution in [2.45, 2.75) is 25.4 Å². The second-order valence-corrected chi connectivity index (χ2v) is 8.84. The topological polar surface area (TPSA) is 51.1 Å². The SMILES string of the molecule is O=C(NCCCCc1ccccc1)c1cccc(-c2csc(=O)n2-c2ccccc2C(F)(F)F)c1. The molecule has 180 valence electrons. The lowest BCUT2D eigenvalue weighted by Crippen LogP contribution is -2.24. The zero-order valence-electron chi connectivity index (χ0n) is 18.7. The van der Waals surface area contributed by atoms with Crippen LogP contribution in [0.15, 0.2) is 89.0 Å². The number of halogens is 3. The molecule has 0 fully saturated rings. The third-order valence-electron chi connectivity index (χ3n) is 5.59. The summed E-state index contributed by atoms with van der Waals surface area (Å²) in [4.78, 5) is 24.7. The van der Waals surface area contributed by atoms with Gasteiger partial charge < -0.3 is 5.32 Å². The van der Waals surface area contributed by atoms with Crippen LogP contribution in [0.1, 0.15) is 34.3 Å². The van der Waals surface area contributed by atoms with Gasteiger partial charge in [-0.3, -0.25) is 14.2 Å². The van der Waals surface area contributed by atoms with E-state index in [1.165, 1.54) is 29.1 Å². The lowest BCUT2D eigenvalue weighted by atomic mass is 10.1. The summed E-state index contributed by atoms with van der Waals surface area (Å²) in [6, 6.07) is 21.6. The first-order valence-electron chi connectivity index (χ1n) is 11.1. The molecule has 0 bridgehead atoms. The number of hydrogen-bond acceptors (Lipinski definition) is 3. The monoisotopic (exact) mass is 496 g/mol. The van der Waals surface area contributed by atoms with Crippen molar-refractivity contribution in [2.24, 2.45) is 0 Å². The molecule has 0 spiro atoms. The summed E-state index contributed by atoms with van der Waals surface area (Å²) < 4.78 is 41.8. The summed E-state index contributed by atoms with van der Waals surface area (Å²) in [6.45, 7) is 0.512. The quantitative estimate of drug-likeness (QED) is 0.290. The Morgan fingerprint density at radius 3 is 2.43 bits per heavy atom. The molecule has 0 saturated heterocycles. The van der Waals surface area contributed by atoms with Gasteiger partial charge in [-0.15, -0.1) is 0 Å². The number of unbranched alkanes of at least 4 members (excludes halogenated alkanes) is 1. The van der Waals surface area contributed by atoms with Gasteiger partial charge in [0.25, 0.3) is 5.91 Å². The van der Waals surface area contributed by atoms with Gasteiger partial charge in [0.1, 0.15) is 0 Å². The maximum absolute atomic E-state index is 13.6. The summed E-state index contributed by atoms with van der Waals surface area (Å²) in [5.74, 6) is -0.272. The number of thiazole rings is 1. The maximum Gasteiger partial charge on any atom is 0.418 e. The first-order chi connectivity index (χ1) is 16.8. The van der Waals surface area contributed by atoms with Gasteiger partial charge in [-0.05, 0) is 49.1 Å². The Kier molecular flexibility index (Phi) is 7.51. The number of hydrogen-bond donors (Lipinski definition) is 1. The third-order valence-corrected chi connectivity index (χ3v) is 6.31. The van der Waals surface area contributed by atoms with E-state index in [1.54, 1.807) is 24.3 Å². The second-order valence-electron chi connectivity index (χ2n) is 8.02. The van der Waals surface area contributed by atoms with E-state index in [9.17, 15) is 22.8 Å². The molecule has 1 amide bonds. The fraction of sp³-hybridized carbons (Fsp3) is 0.185. The summed E-state index contributed by atoms with van der Waals surface area (Å²) in [5, 5.41) is 4.40. The van der Waals surface area contributed by atoms with Gasteiger partial charge in [0.05, 0.1) is 16.9 Å². The van der Waals surface area contributed by atoms with Crippen LogP contribution in [0.25, 0.3) is 16.9 Å². The van der Waals surface area contributed by atoms with Crippen molar-refractivity contribution in [3.05, 3.63) is 111 Å². The molecule has 0 aliphatic rings. The Bertz CT molecular complexity index is 1360. The lowest BCUT2D eigenvalue weighted by Gasteiger charge is -2.15. The highest BCUT2D eigenvalue weighted by molar-refractivity contribution is 7.07. The van der Waals surface area contributed by atoms with Gasteiger partial charge in [-0.2, -0.15) is 13.2 Å². The fourth-order valence-corrected chi connectivity index (χ4v) is 4.62. The minimum absolute atomic E-state index is 0.241. The number of alkyl halides is 3. The van der Waals surface area contributed by atoms with Gasteiger partial charge in [0.15, 0.2) is 0 Å². The number of para-hydroxylation sites is 1. The maximum atomic E-state index is 13.6. The molecule has 4 nitrogen and oxygen atoms in total. The molecule has 4 aromatic rings. The molecule has 0 aliphatic carbocycles. The van der Waals surface area contributed by atoms with Crippen molar-refractivity contribution < 1.29 is 18.0 Å². The van der Waals surface area contributed by atoms with Crippen LogP contribution in [0.3, 0.4) is 0 Å². The van der Waals surface area contributed by atoms with Crippen LogP contribution in [-0.2, 0) is 12.6 Å². The molecule has 4 rings (SSSR count). The summed E-state index contributed by atoms with van der Waals surface area (Å²) >= 11 is 0.811. The molecule has 0 saturated carbocycles. The first kappa shape index (κ1) is 24.5. The molecule has 1 heterocycles. The van der Waals surface area contributed by atoms with Gasteiger partial charge in [-0.25, -0.2) is 0 Å². The second kappa shape index (κ2) is 10.7. The lowest BCUT2D eigenvalue weighted by molar-refractivity contribution is -0.137. The van der Waals surface area contributed by atoms with E-state index in [-0.39, 0.29) is 11.6 Å². The van der Waals surface area contributed by atoms with E-state index in [1.807, 2.05) is 18.2 Å². The number of carbonyl (C=O) groups excluding carboxylic acids is 1. The number of aryl methyl sites for hydroxylation is 1. The zero-order valence-corrected chi connectivity index (χ0v) is 19.5. The highest BCUT2D eigenvalue weighted by atomic mass is 32.1. The van der Waals surface area contributed by atoms with Crippen molar-refractivity contribution in [3.8, 4) is 16.9 Å².